The first-order chi connectivity index (χ1) is 13.2. The van der Waals surface area contributed by atoms with Gasteiger partial charge in [0.15, 0.2) is 6.71 Å². The van der Waals surface area contributed by atoms with E-state index >= 15 is 0 Å². The second-order valence-electron chi connectivity index (χ2n) is 12.4. The Morgan fingerprint density at radius 2 is 1.36 bits per heavy atom. The van der Waals surface area contributed by atoms with Gasteiger partial charge in [-0.05, 0) is 65.6 Å². The van der Waals surface area contributed by atoms with Crippen LogP contribution < -0.4 is 0 Å². The fraction of sp³-hybridized carbons (Fsp3) is 0.923. The molecule has 28 heavy (non-hydrogen) atoms. The van der Waals surface area contributed by atoms with Crippen molar-refractivity contribution in [2.24, 2.45) is 46.3 Å². The van der Waals surface area contributed by atoms with Crippen LogP contribution >= 0.6 is 0 Å². The summed E-state index contributed by atoms with van der Waals surface area (Å²) in [6.07, 6.45) is 12.7. The molecule has 6 saturated carbocycles. The molecule has 0 aromatic heterocycles. The van der Waals surface area contributed by atoms with E-state index in [1.807, 2.05) is 6.26 Å². The first kappa shape index (κ1) is 20.9. The van der Waals surface area contributed by atoms with Crippen LogP contribution in [-0.2, 0) is 4.74 Å². The Morgan fingerprint density at radius 3 is 1.75 bits per heavy atom. The molecule has 6 aliphatic carbocycles. The summed E-state index contributed by atoms with van der Waals surface area (Å²) in [7, 11) is 0. The van der Waals surface area contributed by atoms with Gasteiger partial charge in [0.1, 0.15) is 0 Å². The highest BCUT2D eigenvalue weighted by Crippen LogP contribution is 2.69. The van der Waals surface area contributed by atoms with Crippen molar-refractivity contribution < 1.29 is 4.74 Å². The topological polar surface area (TPSA) is 9.23 Å². The molecule has 8 atom stereocenters. The van der Waals surface area contributed by atoms with Crippen molar-refractivity contribution in [1.82, 2.24) is 0 Å². The smallest absolute Gasteiger partial charge is 0.150 e. The van der Waals surface area contributed by atoms with Crippen molar-refractivity contribution in [3.8, 4) is 0 Å². The maximum atomic E-state index is 5.71. The Kier molecular flexibility index (Phi) is 5.50. The molecule has 158 valence electrons. The molecule has 1 nitrogen and oxygen atoms in total. The third kappa shape index (κ3) is 3.11. The molecule has 0 heterocycles. The lowest BCUT2D eigenvalue weighted by atomic mass is 9.20. The Hall–Kier alpha value is -0.395. The van der Waals surface area contributed by atoms with Gasteiger partial charge in [-0.25, -0.2) is 0 Å². The average molecular weight is 384 g/mol. The van der Waals surface area contributed by atoms with Crippen molar-refractivity contribution >= 4 is 6.71 Å². The number of rotatable bonds is 7. The molecule has 4 bridgehead atoms. The number of ether oxygens (including phenoxy) is 1. The maximum Gasteiger partial charge on any atom is 0.150 e. The lowest BCUT2D eigenvalue weighted by Gasteiger charge is -2.66. The molecule has 6 fully saturated rings. The number of hydrogen-bond donors (Lipinski definition) is 0. The van der Waals surface area contributed by atoms with Crippen LogP contribution in [0.3, 0.4) is 0 Å². The Bertz CT molecular complexity index is 551. The lowest BCUT2D eigenvalue weighted by Crippen LogP contribution is -2.59. The summed E-state index contributed by atoms with van der Waals surface area (Å²) in [5.74, 6) is 7.54. The largest absolute Gasteiger partial charge is 0.502 e. The van der Waals surface area contributed by atoms with E-state index in [2.05, 4.69) is 54.5 Å². The van der Waals surface area contributed by atoms with Gasteiger partial charge in [0.05, 0.1) is 12.9 Å². The van der Waals surface area contributed by atoms with Crippen LogP contribution in [-0.4, -0.2) is 13.3 Å². The van der Waals surface area contributed by atoms with Crippen molar-refractivity contribution in [3.05, 3.63) is 12.3 Å². The van der Waals surface area contributed by atoms with Crippen LogP contribution in [0.15, 0.2) is 12.3 Å². The summed E-state index contributed by atoms with van der Waals surface area (Å²) in [5.41, 5.74) is 1.20. The molecule has 0 radical (unpaired) electrons. The van der Waals surface area contributed by atoms with Gasteiger partial charge in [0.25, 0.3) is 0 Å². The zero-order valence-electron chi connectivity index (χ0n) is 19.7. The van der Waals surface area contributed by atoms with Gasteiger partial charge in [0.2, 0.25) is 0 Å². The van der Waals surface area contributed by atoms with E-state index in [4.69, 9.17) is 4.74 Å². The van der Waals surface area contributed by atoms with Gasteiger partial charge >= 0.3 is 0 Å². The number of fused-ring (bicyclic) bond motifs is 4. The van der Waals surface area contributed by atoms with E-state index in [-0.39, 0.29) is 0 Å². The molecule has 0 spiro atoms. The first-order valence-electron chi connectivity index (χ1n) is 12.5. The summed E-state index contributed by atoms with van der Waals surface area (Å²) < 4.78 is 5.71. The van der Waals surface area contributed by atoms with Crippen LogP contribution in [0.25, 0.3) is 0 Å². The molecule has 0 N–H and O–H groups in total. The van der Waals surface area contributed by atoms with Gasteiger partial charge in [0, 0.05) is 0 Å². The van der Waals surface area contributed by atoms with Crippen molar-refractivity contribution in [2.45, 2.75) is 98.5 Å². The molecule has 6 aliphatic rings. The summed E-state index contributed by atoms with van der Waals surface area (Å²) in [5, 5.41) is 0. The fourth-order valence-corrected chi connectivity index (χ4v) is 8.64. The number of allylic oxidation sites excluding steroid dienone is 1. The van der Waals surface area contributed by atoms with Gasteiger partial charge in [-0.3, -0.25) is 0 Å². The average Bonchev–Trinajstić information content (AvgIpc) is 2.65. The lowest BCUT2D eigenvalue weighted by molar-refractivity contribution is -0.107. The Balaban J connectivity index is 1.51. The van der Waals surface area contributed by atoms with E-state index < -0.39 is 0 Å². The predicted octanol–water partition coefficient (Wildman–Crippen LogP) is 7.57. The van der Waals surface area contributed by atoms with E-state index in [9.17, 15) is 0 Å². The van der Waals surface area contributed by atoms with Crippen molar-refractivity contribution in [2.75, 3.05) is 6.61 Å². The van der Waals surface area contributed by atoms with E-state index in [1.54, 1.807) is 0 Å². The number of hydrogen-bond acceptors (Lipinski definition) is 1. The summed E-state index contributed by atoms with van der Waals surface area (Å²) in [6, 6.07) is 0. The maximum absolute atomic E-state index is 5.71. The molecule has 0 saturated heterocycles. The normalized spacial score (nSPS) is 45.2. The molecule has 0 amide bonds. The summed E-state index contributed by atoms with van der Waals surface area (Å²) in [6.45, 7) is 19.3. The van der Waals surface area contributed by atoms with Crippen LogP contribution in [0.5, 0.6) is 0 Å². The Morgan fingerprint density at radius 1 is 0.857 bits per heavy atom. The quantitative estimate of drug-likeness (QED) is 0.250. The van der Waals surface area contributed by atoms with Crippen LogP contribution in [0.1, 0.15) is 80.6 Å². The molecule has 2 heteroatoms. The highest BCUT2D eigenvalue weighted by molar-refractivity contribution is 6.62. The monoisotopic (exact) mass is 384 g/mol. The van der Waals surface area contributed by atoms with Crippen molar-refractivity contribution in [3.63, 3.8) is 0 Å². The zero-order valence-corrected chi connectivity index (χ0v) is 19.7. The third-order valence-corrected chi connectivity index (χ3v) is 10.8. The summed E-state index contributed by atoms with van der Waals surface area (Å²) in [4.78, 5) is 0. The highest BCUT2D eigenvalue weighted by atomic mass is 16.5. The van der Waals surface area contributed by atoms with Crippen molar-refractivity contribution in [1.29, 1.82) is 0 Å². The second kappa shape index (κ2) is 7.38. The molecule has 4 unspecified atom stereocenters. The summed E-state index contributed by atoms with van der Waals surface area (Å²) >= 11 is 0. The Labute approximate surface area is 175 Å². The van der Waals surface area contributed by atoms with E-state index in [0.717, 1.165) is 66.9 Å². The SMILES string of the molecule is CCCO/C=C\CB([C@@H]1CC2CC([C@H]1C)C2(C)C)[C@@H]1CC2CC([C@H]1C)C2(C)C. The van der Waals surface area contributed by atoms with Crippen LogP contribution in [0.4, 0.5) is 0 Å². The van der Waals surface area contributed by atoms with E-state index in [1.165, 1.54) is 32.0 Å². The molecule has 6 rings (SSSR count). The molecule has 0 aliphatic heterocycles. The van der Waals surface area contributed by atoms with E-state index in [0.29, 0.717) is 10.8 Å². The minimum absolute atomic E-state index is 0.600. The molecule has 0 aromatic carbocycles. The molecular formula is C26H45BO. The zero-order chi connectivity index (χ0) is 20.3. The minimum Gasteiger partial charge on any atom is -0.502 e. The fourth-order valence-electron chi connectivity index (χ4n) is 8.64. The second-order valence-corrected chi connectivity index (χ2v) is 12.4. The minimum atomic E-state index is 0.600. The highest BCUT2D eigenvalue weighted by Gasteiger charge is 2.61. The third-order valence-electron chi connectivity index (χ3n) is 10.8. The van der Waals surface area contributed by atoms with Gasteiger partial charge in [-0.15, -0.1) is 0 Å². The molecule has 0 aromatic rings. The predicted molar refractivity (Wildman–Crippen MR) is 122 cm³/mol. The van der Waals surface area contributed by atoms with Crippen LogP contribution in [0, 0.1) is 46.3 Å². The molecular weight excluding hydrogens is 339 g/mol. The standard InChI is InChI=1S/C26H45BO/c1-8-11-28-12-9-10-27(23-15-19-13-21(17(23)2)25(19,4)5)24-16-20-14-22(18(24)3)26(20,6)7/h9,12,17-24H,8,10-11,13-16H2,1-7H3/b12-9-/t17-,18-,19?,20?,21?,22?,23-,24-/m1/s1. The van der Waals surface area contributed by atoms with Gasteiger partial charge < -0.3 is 4.74 Å². The van der Waals surface area contributed by atoms with Crippen LogP contribution in [0.2, 0.25) is 18.0 Å². The van der Waals surface area contributed by atoms with Gasteiger partial charge in [-0.1, -0.05) is 85.3 Å². The van der Waals surface area contributed by atoms with Gasteiger partial charge in [-0.2, -0.15) is 0 Å². The first-order valence-corrected chi connectivity index (χ1v) is 12.5.